The lowest BCUT2D eigenvalue weighted by Gasteiger charge is -2.33. The Balaban J connectivity index is 2.36. The molecule has 1 aliphatic carbocycles. The van der Waals surface area contributed by atoms with Gasteiger partial charge in [-0.2, -0.15) is 0 Å². The molecule has 2 nitrogen and oxygen atoms in total. The van der Waals surface area contributed by atoms with Crippen molar-refractivity contribution in [3.63, 3.8) is 0 Å². The minimum absolute atomic E-state index is 0.200. The maximum absolute atomic E-state index is 13.0. The van der Waals surface area contributed by atoms with Crippen molar-refractivity contribution in [2.45, 2.75) is 44.1 Å². The van der Waals surface area contributed by atoms with Crippen LogP contribution in [0, 0.1) is 0 Å². The molecule has 0 saturated heterocycles. The van der Waals surface area contributed by atoms with Gasteiger partial charge in [-0.15, -0.1) is 0 Å². The van der Waals surface area contributed by atoms with E-state index in [0.29, 0.717) is 6.04 Å². The van der Waals surface area contributed by atoms with Crippen LogP contribution in [-0.4, -0.2) is 37.0 Å². The Bertz CT molecular complexity index is 168. The van der Waals surface area contributed by atoms with Crippen LogP contribution in [0.1, 0.15) is 32.1 Å². The van der Waals surface area contributed by atoms with Crippen molar-refractivity contribution >= 4 is 0 Å². The Morgan fingerprint density at radius 1 is 1.29 bits per heavy atom. The van der Waals surface area contributed by atoms with Crippen molar-refractivity contribution in [3.05, 3.63) is 0 Å². The molecule has 1 fully saturated rings. The van der Waals surface area contributed by atoms with E-state index in [0.717, 1.165) is 12.8 Å². The Kier molecular flexibility index (Phi) is 4.26. The summed E-state index contributed by atoms with van der Waals surface area (Å²) in [6.45, 7) is -0.752. The van der Waals surface area contributed by atoms with Gasteiger partial charge in [0.1, 0.15) is 0 Å². The smallest absolute Gasteiger partial charge is 0.272 e. The first-order valence-electron chi connectivity index (χ1n) is 5.33. The van der Waals surface area contributed by atoms with Gasteiger partial charge in [0.05, 0.1) is 13.1 Å². The van der Waals surface area contributed by atoms with E-state index in [2.05, 4.69) is 0 Å². The second-order valence-electron chi connectivity index (χ2n) is 4.27. The van der Waals surface area contributed by atoms with Crippen LogP contribution < -0.4 is 5.73 Å². The van der Waals surface area contributed by atoms with E-state index >= 15 is 0 Å². The molecule has 2 N–H and O–H groups in total. The molecule has 0 radical (unpaired) electrons. The van der Waals surface area contributed by atoms with Gasteiger partial charge in [0, 0.05) is 6.04 Å². The molecule has 0 spiro atoms. The number of rotatable bonds is 4. The molecule has 0 aromatic carbocycles. The molecule has 0 amide bonds. The summed E-state index contributed by atoms with van der Waals surface area (Å²) in [5.41, 5.74) is 5.01. The molecular formula is C10H20F2N2. The predicted octanol–water partition coefficient (Wildman–Crippen LogP) is 1.84. The van der Waals surface area contributed by atoms with Gasteiger partial charge in [-0.25, -0.2) is 8.78 Å². The number of halogens is 2. The third-order valence-electron chi connectivity index (χ3n) is 2.98. The second kappa shape index (κ2) is 5.03. The minimum atomic E-state index is -2.73. The van der Waals surface area contributed by atoms with Crippen molar-refractivity contribution < 1.29 is 8.78 Å². The lowest BCUT2D eigenvalue weighted by Crippen LogP contribution is -2.44. The van der Waals surface area contributed by atoms with Gasteiger partial charge in [-0.05, 0) is 19.9 Å². The molecular weight excluding hydrogens is 186 g/mol. The zero-order valence-electron chi connectivity index (χ0n) is 8.81. The molecule has 84 valence electrons. The van der Waals surface area contributed by atoms with Gasteiger partial charge in [0.2, 0.25) is 0 Å². The molecule has 4 heteroatoms. The molecule has 0 atom stereocenters. The van der Waals surface area contributed by atoms with Gasteiger partial charge in [-0.3, -0.25) is 4.90 Å². The topological polar surface area (TPSA) is 29.3 Å². The fourth-order valence-corrected chi connectivity index (χ4v) is 2.08. The quantitative estimate of drug-likeness (QED) is 0.760. The zero-order valence-corrected chi connectivity index (χ0v) is 8.81. The average Bonchev–Trinajstić information content (AvgIpc) is 2.19. The summed E-state index contributed by atoms with van der Waals surface area (Å²) in [6, 6.07) is 0.334. The maximum Gasteiger partial charge on any atom is 0.272 e. The summed E-state index contributed by atoms with van der Waals surface area (Å²) in [6.07, 6.45) is 5.69. The zero-order chi connectivity index (χ0) is 10.6. The highest BCUT2D eigenvalue weighted by Crippen LogP contribution is 2.23. The van der Waals surface area contributed by atoms with Crippen molar-refractivity contribution in [1.29, 1.82) is 0 Å². The molecule has 0 unspecified atom stereocenters. The first kappa shape index (κ1) is 11.9. The molecule has 1 rings (SSSR count). The third-order valence-corrected chi connectivity index (χ3v) is 2.98. The number of nitrogens with zero attached hydrogens (tertiary/aromatic N) is 1. The van der Waals surface area contributed by atoms with Crippen molar-refractivity contribution in [2.75, 3.05) is 20.1 Å². The summed E-state index contributed by atoms with van der Waals surface area (Å²) < 4.78 is 26.0. The van der Waals surface area contributed by atoms with Crippen LogP contribution in [0.15, 0.2) is 0 Å². The first-order valence-corrected chi connectivity index (χ1v) is 5.33. The van der Waals surface area contributed by atoms with Crippen LogP contribution in [0.2, 0.25) is 0 Å². The fourth-order valence-electron chi connectivity index (χ4n) is 2.08. The SMILES string of the molecule is CN(CC(F)(F)CN)C1CCCCC1. The molecule has 0 aliphatic heterocycles. The lowest BCUT2D eigenvalue weighted by atomic mass is 9.94. The van der Waals surface area contributed by atoms with Crippen LogP contribution in [0.5, 0.6) is 0 Å². The summed E-state index contributed by atoms with van der Waals surface area (Å²) in [5, 5.41) is 0. The molecule has 0 aromatic heterocycles. The Labute approximate surface area is 84.4 Å². The van der Waals surface area contributed by atoms with Gasteiger partial charge >= 0.3 is 0 Å². The number of nitrogens with two attached hydrogens (primary N) is 1. The van der Waals surface area contributed by atoms with E-state index < -0.39 is 12.5 Å². The highest BCUT2D eigenvalue weighted by atomic mass is 19.3. The van der Waals surface area contributed by atoms with Crippen LogP contribution in [0.25, 0.3) is 0 Å². The number of hydrogen-bond donors (Lipinski definition) is 1. The average molecular weight is 206 g/mol. The van der Waals surface area contributed by atoms with E-state index in [-0.39, 0.29) is 6.54 Å². The molecule has 1 saturated carbocycles. The molecule has 0 bridgehead atoms. The van der Waals surface area contributed by atoms with Crippen molar-refractivity contribution in [3.8, 4) is 0 Å². The lowest BCUT2D eigenvalue weighted by molar-refractivity contribution is -0.0302. The summed E-state index contributed by atoms with van der Waals surface area (Å²) in [5.74, 6) is -2.73. The van der Waals surface area contributed by atoms with Gasteiger partial charge in [-0.1, -0.05) is 19.3 Å². The Hall–Kier alpha value is -0.220. The van der Waals surface area contributed by atoms with E-state index in [1.807, 2.05) is 0 Å². The van der Waals surface area contributed by atoms with Gasteiger partial charge in [0.25, 0.3) is 5.92 Å². The van der Waals surface area contributed by atoms with E-state index in [1.54, 1.807) is 11.9 Å². The highest BCUT2D eigenvalue weighted by molar-refractivity contribution is 4.78. The van der Waals surface area contributed by atoms with Gasteiger partial charge in [0.15, 0.2) is 0 Å². The van der Waals surface area contributed by atoms with E-state index in [1.165, 1.54) is 19.3 Å². The molecule has 0 aromatic rings. The van der Waals surface area contributed by atoms with Crippen LogP contribution in [0.4, 0.5) is 8.78 Å². The molecule has 1 aliphatic rings. The largest absolute Gasteiger partial charge is 0.325 e. The monoisotopic (exact) mass is 206 g/mol. The summed E-state index contributed by atoms with van der Waals surface area (Å²) in [7, 11) is 1.78. The Morgan fingerprint density at radius 2 is 1.86 bits per heavy atom. The molecule has 14 heavy (non-hydrogen) atoms. The van der Waals surface area contributed by atoms with Crippen molar-refractivity contribution in [1.82, 2.24) is 4.90 Å². The standard InChI is InChI=1S/C10H20F2N2/c1-14(8-10(11,12)7-13)9-5-3-2-4-6-9/h9H,2-8,13H2,1H3. The summed E-state index contributed by atoms with van der Waals surface area (Å²) >= 11 is 0. The molecule has 0 heterocycles. The maximum atomic E-state index is 13.0. The first-order chi connectivity index (χ1) is 6.55. The van der Waals surface area contributed by atoms with E-state index in [9.17, 15) is 8.78 Å². The van der Waals surface area contributed by atoms with Crippen molar-refractivity contribution in [2.24, 2.45) is 5.73 Å². The van der Waals surface area contributed by atoms with Crippen LogP contribution in [-0.2, 0) is 0 Å². The Morgan fingerprint density at radius 3 is 2.36 bits per heavy atom. The normalized spacial score (nSPS) is 20.4. The number of hydrogen-bond acceptors (Lipinski definition) is 2. The minimum Gasteiger partial charge on any atom is -0.325 e. The summed E-state index contributed by atoms with van der Waals surface area (Å²) in [4.78, 5) is 1.77. The van der Waals surface area contributed by atoms with Gasteiger partial charge < -0.3 is 5.73 Å². The third kappa shape index (κ3) is 3.50. The fraction of sp³-hybridized carbons (Fsp3) is 1.00. The number of alkyl halides is 2. The van der Waals surface area contributed by atoms with E-state index in [4.69, 9.17) is 5.73 Å². The van der Waals surface area contributed by atoms with Crippen LogP contribution >= 0.6 is 0 Å². The van der Waals surface area contributed by atoms with Crippen LogP contribution in [0.3, 0.4) is 0 Å². The highest BCUT2D eigenvalue weighted by Gasteiger charge is 2.31. The second-order valence-corrected chi connectivity index (χ2v) is 4.27. The predicted molar refractivity (Wildman–Crippen MR) is 53.5 cm³/mol.